The average molecular weight is 362 g/mol. The van der Waals surface area contributed by atoms with Crippen molar-refractivity contribution in [2.75, 3.05) is 17.2 Å². The number of hydrogen-bond donors (Lipinski definition) is 2. The zero-order chi connectivity index (χ0) is 19.2. The molecule has 2 N–H and O–H groups in total. The molecule has 6 heteroatoms. The Kier molecular flexibility index (Phi) is 5.66. The maximum absolute atomic E-state index is 12.0. The van der Waals surface area contributed by atoms with Crippen molar-refractivity contribution in [3.05, 3.63) is 71.3 Å². The molecule has 138 valence electrons. The van der Waals surface area contributed by atoms with Crippen molar-refractivity contribution in [3.8, 4) is 5.75 Å². The van der Waals surface area contributed by atoms with Crippen LogP contribution in [-0.4, -0.2) is 22.7 Å². The smallest absolute Gasteiger partial charge is 0.263 e. The minimum absolute atomic E-state index is 0.0898. The molecular weight excluding hydrogens is 340 g/mol. The fourth-order valence-electron chi connectivity index (χ4n) is 2.82. The van der Waals surface area contributed by atoms with Gasteiger partial charge in [-0.05, 0) is 56.2 Å². The molecule has 0 atom stereocenters. The van der Waals surface area contributed by atoms with Crippen LogP contribution in [0.1, 0.15) is 16.7 Å². The van der Waals surface area contributed by atoms with E-state index in [1.54, 1.807) is 24.3 Å². The van der Waals surface area contributed by atoms with Crippen LogP contribution in [0.5, 0.6) is 5.75 Å². The van der Waals surface area contributed by atoms with Crippen molar-refractivity contribution in [1.82, 2.24) is 10.2 Å². The number of hydrogen-bond acceptors (Lipinski definition) is 5. The molecule has 3 aromatic rings. The van der Waals surface area contributed by atoms with E-state index < -0.39 is 0 Å². The van der Waals surface area contributed by atoms with Crippen LogP contribution in [0.2, 0.25) is 0 Å². The maximum Gasteiger partial charge on any atom is 0.263 e. The van der Waals surface area contributed by atoms with Crippen LogP contribution in [0.4, 0.5) is 17.3 Å². The summed E-state index contributed by atoms with van der Waals surface area (Å²) in [5.74, 6) is 1.34. The van der Waals surface area contributed by atoms with Crippen LogP contribution in [0.15, 0.2) is 54.6 Å². The van der Waals surface area contributed by atoms with Gasteiger partial charge in [0.2, 0.25) is 0 Å². The van der Waals surface area contributed by atoms with Gasteiger partial charge in [0.1, 0.15) is 5.75 Å². The number of para-hydroxylation sites is 1. The largest absolute Gasteiger partial charge is 0.484 e. The summed E-state index contributed by atoms with van der Waals surface area (Å²) in [5, 5.41) is 14.1. The van der Waals surface area contributed by atoms with Crippen LogP contribution in [0, 0.1) is 20.8 Å². The van der Waals surface area contributed by atoms with Gasteiger partial charge in [0.05, 0.1) is 0 Å². The summed E-state index contributed by atoms with van der Waals surface area (Å²) < 4.78 is 5.41. The third kappa shape index (κ3) is 5.04. The second kappa shape index (κ2) is 8.31. The summed E-state index contributed by atoms with van der Waals surface area (Å²) in [4.78, 5) is 12.0. The Bertz CT molecular complexity index is 902. The first-order valence-corrected chi connectivity index (χ1v) is 8.67. The quantitative estimate of drug-likeness (QED) is 0.688. The zero-order valence-electron chi connectivity index (χ0n) is 15.6. The summed E-state index contributed by atoms with van der Waals surface area (Å²) in [6, 6.07) is 16.9. The Labute approximate surface area is 158 Å². The van der Waals surface area contributed by atoms with E-state index in [2.05, 4.69) is 53.7 Å². The molecule has 0 saturated heterocycles. The number of carbonyl (C=O) groups excluding carboxylic acids is 1. The van der Waals surface area contributed by atoms with Crippen LogP contribution in [0.3, 0.4) is 0 Å². The monoisotopic (exact) mass is 362 g/mol. The second-order valence-corrected chi connectivity index (χ2v) is 6.35. The van der Waals surface area contributed by atoms with E-state index in [-0.39, 0.29) is 12.5 Å². The van der Waals surface area contributed by atoms with E-state index in [1.165, 1.54) is 5.56 Å². The Hall–Kier alpha value is -3.41. The number of rotatable bonds is 6. The van der Waals surface area contributed by atoms with Gasteiger partial charge in [0, 0.05) is 5.69 Å². The molecule has 0 aliphatic rings. The number of carbonyl (C=O) groups is 1. The highest BCUT2D eigenvalue weighted by molar-refractivity contribution is 5.90. The molecule has 1 heterocycles. The molecule has 0 unspecified atom stereocenters. The van der Waals surface area contributed by atoms with Crippen molar-refractivity contribution in [2.45, 2.75) is 20.8 Å². The van der Waals surface area contributed by atoms with Gasteiger partial charge in [0.25, 0.3) is 5.91 Å². The topological polar surface area (TPSA) is 76.1 Å². The molecule has 0 spiro atoms. The molecule has 6 nitrogen and oxygen atoms in total. The van der Waals surface area contributed by atoms with Crippen molar-refractivity contribution in [1.29, 1.82) is 0 Å². The minimum atomic E-state index is -0.293. The van der Waals surface area contributed by atoms with Gasteiger partial charge in [-0.3, -0.25) is 4.79 Å². The van der Waals surface area contributed by atoms with Gasteiger partial charge in [0.15, 0.2) is 18.2 Å². The fraction of sp³-hybridized carbons (Fsp3) is 0.190. The molecule has 3 rings (SSSR count). The van der Waals surface area contributed by atoms with Crippen molar-refractivity contribution >= 4 is 23.2 Å². The lowest BCUT2D eigenvalue weighted by atomic mass is 10.1. The first kappa shape index (κ1) is 18.4. The third-order valence-corrected chi connectivity index (χ3v) is 3.98. The first-order chi connectivity index (χ1) is 13.0. The lowest BCUT2D eigenvalue weighted by molar-refractivity contribution is -0.118. The van der Waals surface area contributed by atoms with E-state index in [9.17, 15) is 4.79 Å². The van der Waals surface area contributed by atoms with Gasteiger partial charge in [-0.2, -0.15) is 0 Å². The number of anilines is 3. The fourth-order valence-corrected chi connectivity index (χ4v) is 2.82. The molecule has 0 saturated carbocycles. The van der Waals surface area contributed by atoms with E-state index >= 15 is 0 Å². The Morgan fingerprint density at radius 1 is 0.926 bits per heavy atom. The maximum atomic E-state index is 12.0. The van der Waals surface area contributed by atoms with E-state index in [1.807, 2.05) is 18.2 Å². The van der Waals surface area contributed by atoms with Crippen LogP contribution >= 0.6 is 0 Å². The van der Waals surface area contributed by atoms with Crippen LogP contribution in [0.25, 0.3) is 0 Å². The molecule has 1 aromatic heterocycles. The van der Waals surface area contributed by atoms with Crippen LogP contribution < -0.4 is 15.4 Å². The number of amides is 1. The Balaban J connectivity index is 1.58. The molecule has 27 heavy (non-hydrogen) atoms. The number of benzene rings is 2. The molecule has 0 aliphatic carbocycles. The summed E-state index contributed by atoms with van der Waals surface area (Å²) in [6.45, 7) is 6.09. The van der Waals surface area contributed by atoms with Gasteiger partial charge in [-0.25, -0.2) is 0 Å². The molecule has 2 aromatic carbocycles. The number of nitrogens with zero attached hydrogens (tertiary/aromatic N) is 2. The molecular formula is C21H22N4O2. The number of ether oxygens (including phenoxy) is 1. The Morgan fingerprint density at radius 2 is 1.56 bits per heavy atom. The molecule has 1 amide bonds. The average Bonchev–Trinajstić information content (AvgIpc) is 2.65. The molecule has 0 bridgehead atoms. The van der Waals surface area contributed by atoms with Crippen LogP contribution in [-0.2, 0) is 4.79 Å². The van der Waals surface area contributed by atoms with Gasteiger partial charge < -0.3 is 15.4 Å². The normalized spacial score (nSPS) is 10.3. The predicted molar refractivity (Wildman–Crippen MR) is 107 cm³/mol. The van der Waals surface area contributed by atoms with Crippen molar-refractivity contribution in [3.63, 3.8) is 0 Å². The predicted octanol–water partition coefficient (Wildman–Crippen LogP) is 4.16. The van der Waals surface area contributed by atoms with E-state index in [4.69, 9.17) is 4.74 Å². The summed E-state index contributed by atoms with van der Waals surface area (Å²) in [7, 11) is 0. The summed E-state index contributed by atoms with van der Waals surface area (Å²) in [6.07, 6.45) is 0. The highest BCUT2D eigenvalue weighted by Crippen LogP contribution is 2.25. The standard InChI is InChI=1S/C21H22N4O2/c1-14-11-15(2)21(16(3)12-14)23-19-10-9-18(24-25-19)22-20(26)13-27-17-7-5-4-6-8-17/h4-12H,13H2,1-3H3,(H,23,25)(H,22,24,26). The second-order valence-electron chi connectivity index (χ2n) is 6.35. The van der Waals surface area contributed by atoms with E-state index in [0.717, 1.165) is 16.8 Å². The minimum Gasteiger partial charge on any atom is -0.484 e. The van der Waals surface area contributed by atoms with Crippen molar-refractivity contribution < 1.29 is 9.53 Å². The summed E-state index contributed by atoms with van der Waals surface area (Å²) >= 11 is 0. The number of nitrogens with one attached hydrogen (secondary N) is 2. The van der Waals surface area contributed by atoms with Gasteiger partial charge in [-0.1, -0.05) is 35.9 Å². The third-order valence-electron chi connectivity index (χ3n) is 3.98. The number of aromatic nitrogens is 2. The first-order valence-electron chi connectivity index (χ1n) is 8.67. The molecule has 0 fully saturated rings. The zero-order valence-corrected chi connectivity index (χ0v) is 15.6. The highest BCUT2D eigenvalue weighted by atomic mass is 16.5. The number of aryl methyl sites for hydroxylation is 3. The summed E-state index contributed by atoms with van der Waals surface area (Å²) in [5.41, 5.74) is 4.52. The van der Waals surface area contributed by atoms with E-state index in [0.29, 0.717) is 17.4 Å². The van der Waals surface area contributed by atoms with Gasteiger partial charge >= 0.3 is 0 Å². The van der Waals surface area contributed by atoms with Gasteiger partial charge in [-0.15, -0.1) is 10.2 Å². The SMILES string of the molecule is Cc1cc(C)c(Nc2ccc(NC(=O)COc3ccccc3)nn2)c(C)c1. The van der Waals surface area contributed by atoms with Crippen molar-refractivity contribution in [2.24, 2.45) is 0 Å². The lowest BCUT2D eigenvalue weighted by Gasteiger charge is -2.13. The lowest BCUT2D eigenvalue weighted by Crippen LogP contribution is -2.21. The molecule has 0 radical (unpaired) electrons. The molecule has 0 aliphatic heterocycles. The highest BCUT2D eigenvalue weighted by Gasteiger charge is 2.08. The Morgan fingerprint density at radius 3 is 2.19 bits per heavy atom.